The molecule has 0 bridgehead atoms. The van der Waals surface area contributed by atoms with E-state index in [0.29, 0.717) is 5.75 Å². The number of hydrogen-bond acceptors (Lipinski definition) is 4. The van der Waals surface area contributed by atoms with Crippen LogP contribution in [0.25, 0.3) is 0 Å². The zero-order valence-corrected chi connectivity index (χ0v) is 13.6. The van der Waals surface area contributed by atoms with Crippen LogP contribution in [0.2, 0.25) is 0 Å². The number of rotatable bonds is 3. The van der Waals surface area contributed by atoms with E-state index >= 15 is 0 Å². The minimum atomic E-state index is -0.381. The first kappa shape index (κ1) is 14.6. The molecule has 0 radical (unpaired) electrons. The van der Waals surface area contributed by atoms with Gasteiger partial charge in [-0.25, -0.2) is 0 Å². The van der Waals surface area contributed by atoms with E-state index in [9.17, 15) is 4.79 Å². The molecule has 2 atom stereocenters. The van der Waals surface area contributed by atoms with Crippen LogP contribution in [0.15, 0.2) is 47.6 Å². The van der Waals surface area contributed by atoms with Gasteiger partial charge in [-0.2, -0.15) is 5.10 Å². The number of aromatic nitrogens is 2. The number of carbonyl (C=O) groups excluding carboxylic acids is 1. The highest BCUT2D eigenvalue weighted by atomic mass is 32.2. The average molecular weight is 329 g/mol. The maximum absolute atomic E-state index is 12.9. The first-order valence-electron chi connectivity index (χ1n) is 7.97. The Morgan fingerprint density at radius 3 is 3.13 bits per heavy atom. The van der Waals surface area contributed by atoms with Crippen LogP contribution in [-0.2, 0) is 11.3 Å². The van der Waals surface area contributed by atoms with Crippen molar-refractivity contribution >= 4 is 17.7 Å². The summed E-state index contributed by atoms with van der Waals surface area (Å²) in [5.74, 6) is 1.62. The standard InChI is InChI=1S/C17H19N3O2S/c21-17(15-12-23-16-7-2-1-6-14(16)22-15)20-10-3-5-13(20)11-19-9-4-8-18-19/h1-2,4,6-9,13,15H,3,5,10-12H2/t13-,15+/m0/s1. The van der Waals surface area contributed by atoms with Gasteiger partial charge >= 0.3 is 0 Å². The number of amides is 1. The maximum atomic E-state index is 12.9. The summed E-state index contributed by atoms with van der Waals surface area (Å²) in [7, 11) is 0. The summed E-state index contributed by atoms with van der Waals surface area (Å²) in [6.45, 7) is 1.58. The maximum Gasteiger partial charge on any atom is 0.264 e. The summed E-state index contributed by atoms with van der Waals surface area (Å²) in [5, 5.41) is 4.26. The predicted octanol–water partition coefficient (Wildman–Crippen LogP) is 2.43. The summed E-state index contributed by atoms with van der Waals surface area (Å²) in [6, 6.07) is 10.1. The first-order chi connectivity index (χ1) is 11.3. The number of fused-ring (bicyclic) bond motifs is 1. The molecule has 2 aromatic rings. The molecule has 2 aliphatic heterocycles. The largest absolute Gasteiger partial charge is 0.479 e. The Morgan fingerprint density at radius 1 is 1.35 bits per heavy atom. The molecule has 0 unspecified atom stereocenters. The van der Waals surface area contributed by atoms with Gasteiger partial charge in [0.25, 0.3) is 5.91 Å². The molecular weight excluding hydrogens is 310 g/mol. The molecule has 0 saturated carbocycles. The fourth-order valence-corrected chi connectivity index (χ4v) is 4.24. The van der Waals surface area contributed by atoms with Gasteiger partial charge in [0.15, 0.2) is 6.10 Å². The fourth-order valence-electron chi connectivity index (χ4n) is 3.27. The number of thioether (sulfide) groups is 1. The molecular formula is C17H19N3O2S. The zero-order chi connectivity index (χ0) is 15.6. The van der Waals surface area contributed by atoms with Gasteiger partial charge in [-0.15, -0.1) is 11.8 Å². The Balaban J connectivity index is 1.46. The number of carbonyl (C=O) groups is 1. The van der Waals surface area contributed by atoms with E-state index in [1.54, 1.807) is 18.0 Å². The highest BCUT2D eigenvalue weighted by molar-refractivity contribution is 7.99. The van der Waals surface area contributed by atoms with Crippen molar-refractivity contribution in [2.75, 3.05) is 12.3 Å². The second-order valence-corrected chi connectivity index (χ2v) is 6.98. The van der Waals surface area contributed by atoms with Gasteiger partial charge in [0.1, 0.15) is 5.75 Å². The molecule has 1 amide bonds. The summed E-state index contributed by atoms with van der Waals surface area (Å²) >= 11 is 1.70. The Kier molecular flexibility index (Phi) is 3.99. The summed E-state index contributed by atoms with van der Waals surface area (Å²) < 4.78 is 7.86. The second-order valence-electron chi connectivity index (χ2n) is 5.92. The van der Waals surface area contributed by atoms with Gasteiger partial charge in [0.05, 0.1) is 12.6 Å². The van der Waals surface area contributed by atoms with Crippen LogP contribution in [0.3, 0.4) is 0 Å². The van der Waals surface area contributed by atoms with Crippen molar-refractivity contribution < 1.29 is 9.53 Å². The molecule has 5 nitrogen and oxygen atoms in total. The topological polar surface area (TPSA) is 47.4 Å². The van der Waals surface area contributed by atoms with E-state index in [0.717, 1.165) is 36.6 Å². The minimum Gasteiger partial charge on any atom is -0.479 e. The normalized spacial score (nSPS) is 23.4. The van der Waals surface area contributed by atoms with E-state index in [4.69, 9.17) is 4.74 Å². The third-order valence-corrected chi connectivity index (χ3v) is 5.52. The third kappa shape index (κ3) is 2.95. The lowest BCUT2D eigenvalue weighted by atomic mass is 10.2. The van der Waals surface area contributed by atoms with E-state index in [1.807, 2.05) is 46.1 Å². The lowest BCUT2D eigenvalue weighted by molar-refractivity contribution is -0.139. The van der Waals surface area contributed by atoms with Crippen molar-refractivity contribution in [3.63, 3.8) is 0 Å². The molecule has 1 aromatic carbocycles. The fraction of sp³-hybridized carbons (Fsp3) is 0.412. The van der Waals surface area contributed by atoms with Crippen molar-refractivity contribution in [2.24, 2.45) is 0 Å². The van der Waals surface area contributed by atoms with Crippen LogP contribution < -0.4 is 4.74 Å². The molecule has 0 N–H and O–H groups in total. The average Bonchev–Trinajstić information content (AvgIpc) is 3.26. The number of ether oxygens (including phenoxy) is 1. The molecule has 1 fully saturated rings. The molecule has 23 heavy (non-hydrogen) atoms. The Labute approximate surface area is 139 Å². The van der Waals surface area contributed by atoms with Crippen LogP contribution >= 0.6 is 11.8 Å². The van der Waals surface area contributed by atoms with E-state index < -0.39 is 0 Å². The molecule has 2 aliphatic rings. The van der Waals surface area contributed by atoms with Gasteiger partial charge in [-0.3, -0.25) is 9.48 Å². The third-order valence-electron chi connectivity index (χ3n) is 4.40. The molecule has 0 spiro atoms. The second kappa shape index (κ2) is 6.28. The van der Waals surface area contributed by atoms with Gasteiger partial charge in [-0.05, 0) is 31.0 Å². The van der Waals surface area contributed by atoms with Crippen LogP contribution in [-0.4, -0.2) is 45.0 Å². The monoisotopic (exact) mass is 329 g/mol. The molecule has 1 saturated heterocycles. The molecule has 3 heterocycles. The Morgan fingerprint density at radius 2 is 2.26 bits per heavy atom. The minimum absolute atomic E-state index is 0.113. The molecule has 6 heteroatoms. The van der Waals surface area contributed by atoms with Crippen LogP contribution in [0.4, 0.5) is 0 Å². The quantitative estimate of drug-likeness (QED) is 0.868. The van der Waals surface area contributed by atoms with E-state index in [-0.39, 0.29) is 18.1 Å². The van der Waals surface area contributed by atoms with Crippen molar-refractivity contribution in [3.05, 3.63) is 42.7 Å². The molecule has 0 aliphatic carbocycles. The number of hydrogen-bond donors (Lipinski definition) is 0. The lowest BCUT2D eigenvalue weighted by Crippen LogP contribution is -2.47. The van der Waals surface area contributed by atoms with Gasteiger partial charge < -0.3 is 9.64 Å². The summed E-state index contributed by atoms with van der Waals surface area (Å²) in [5.41, 5.74) is 0. The molecule has 1 aromatic heterocycles. The highest BCUT2D eigenvalue weighted by Gasteiger charge is 2.36. The van der Waals surface area contributed by atoms with Crippen molar-refractivity contribution in [1.82, 2.24) is 14.7 Å². The molecule has 120 valence electrons. The number of nitrogens with zero attached hydrogens (tertiary/aromatic N) is 3. The van der Waals surface area contributed by atoms with Gasteiger partial charge in [0.2, 0.25) is 0 Å². The Bertz CT molecular complexity index is 689. The summed E-state index contributed by atoms with van der Waals surface area (Å²) in [4.78, 5) is 16.0. The van der Waals surface area contributed by atoms with Crippen LogP contribution in [0.1, 0.15) is 12.8 Å². The predicted molar refractivity (Wildman–Crippen MR) is 88.5 cm³/mol. The van der Waals surface area contributed by atoms with Gasteiger partial charge in [0, 0.05) is 29.6 Å². The van der Waals surface area contributed by atoms with E-state index in [2.05, 4.69) is 5.10 Å². The lowest BCUT2D eigenvalue weighted by Gasteiger charge is -2.31. The zero-order valence-electron chi connectivity index (χ0n) is 12.8. The first-order valence-corrected chi connectivity index (χ1v) is 8.96. The van der Waals surface area contributed by atoms with Crippen molar-refractivity contribution in [3.8, 4) is 5.75 Å². The van der Waals surface area contributed by atoms with Crippen molar-refractivity contribution in [1.29, 1.82) is 0 Å². The van der Waals surface area contributed by atoms with Gasteiger partial charge in [-0.1, -0.05) is 12.1 Å². The number of likely N-dealkylation sites (tertiary alicyclic amines) is 1. The summed E-state index contributed by atoms with van der Waals surface area (Å²) in [6.07, 6.45) is 5.42. The SMILES string of the molecule is O=C([C@H]1CSc2ccccc2O1)N1CCC[C@H]1Cn1cccn1. The Hall–Kier alpha value is -1.95. The smallest absolute Gasteiger partial charge is 0.264 e. The van der Waals surface area contributed by atoms with E-state index in [1.165, 1.54) is 0 Å². The number of para-hydroxylation sites is 1. The van der Waals surface area contributed by atoms with Crippen LogP contribution in [0, 0.1) is 0 Å². The van der Waals surface area contributed by atoms with Crippen LogP contribution in [0.5, 0.6) is 5.75 Å². The number of benzene rings is 1. The molecule has 4 rings (SSSR count). The highest BCUT2D eigenvalue weighted by Crippen LogP contribution is 2.36. The van der Waals surface area contributed by atoms with Crippen molar-refractivity contribution in [2.45, 2.75) is 36.4 Å².